The normalized spacial score (nSPS) is 11.5. The number of carboxylic acid groups (broad SMARTS) is 1. The van der Waals surface area contributed by atoms with Gasteiger partial charge in [-0.25, -0.2) is 0 Å². The van der Waals surface area contributed by atoms with Crippen molar-refractivity contribution in [3.05, 3.63) is 0 Å². The van der Waals surface area contributed by atoms with Crippen molar-refractivity contribution in [2.45, 2.75) is 33.1 Å². The molecular formula is C8H13NaO3. The summed E-state index contributed by atoms with van der Waals surface area (Å²) in [5.41, 5.74) is 0. The SMILES string of the molecule is CCC(CCC(=O)[O-])C(C)=O.[Na+]. The Bertz CT molecular complexity index is 156. The number of carboxylic acids is 1. The Labute approximate surface area is 94.8 Å². The molecule has 1 unspecified atom stereocenters. The predicted octanol–water partition coefficient (Wildman–Crippen LogP) is -2.86. The molecule has 0 amide bonds. The zero-order valence-electron chi connectivity index (χ0n) is 7.92. The number of ketones is 1. The Morgan fingerprint density at radius 1 is 1.42 bits per heavy atom. The van der Waals surface area contributed by atoms with Crippen LogP contribution in [0.2, 0.25) is 0 Å². The van der Waals surface area contributed by atoms with Gasteiger partial charge in [0, 0.05) is 11.9 Å². The molecule has 0 aliphatic carbocycles. The van der Waals surface area contributed by atoms with Crippen LogP contribution in [0.25, 0.3) is 0 Å². The number of rotatable bonds is 5. The molecule has 0 aromatic carbocycles. The van der Waals surface area contributed by atoms with Crippen LogP contribution in [-0.4, -0.2) is 11.8 Å². The first-order valence-electron chi connectivity index (χ1n) is 3.78. The van der Waals surface area contributed by atoms with Gasteiger partial charge in [0.05, 0.1) is 0 Å². The summed E-state index contributed by atoms with van der Waals surface area (Å²) < 4.78 is 0. The number of carbonyl (C=O) groups is 2. The monoisotopic (exact) mass is 180 g/mol. The molecule has 0 aliphatic rings. The van der Waals surface area contributed by atoms with Crippen molar-refractivity contribution in [3.8, 4) is 0 Å². The first kappa shape index (κ1) is 14.7. The zero-order chi connectivity index (χ0) is 8.85. The van der Waals surface area contributed by atoms with E-state index in [9.17, 15) is 14.7 Å². The van der Waals surface area contributed by atoms with Crippen LogP contribution in [0, 0.1) is 5.92 Å². The van der Waals surface area contributed by atoms with Crippen LogP contribution < -0.4 is 34.7 Å². The summed E-state index contributed by atoms with van der Waals surface area (Å²) in [5.74, 6) is -1.12. The molecule has 64 valence electrons. The van der Waals surface area contributed by atoms with Crippen LogP contribution in [-0.2, 0) is 9.59 Å². The molecule has 1 atom stereocenters. The standard InChI is InChI=1S/C8H14O3.Na/c1-3-7(6(2)9)4-5-8(10)11;/h7H,3-5H2,1-2H3,(H,10,11);/q;+1/p-1. The number of carbonyl (C=O) groups excluding carboxylic acids is 2. The Kier molecular flexibility index (Phi) is 9.49. The van der Waals surface area contributed by atoms with E-state index in [-0.39, 0.29) is 47.7 Å². The van der Waals surface area contributed by atoms with E-state index in [1.165, 1.54) is 6.92 Å². The molecule has 12 heavy (non-hydrogen) atoms. The van der Waals surface area contributed by atoms with Crippen LogP contribution in [0.5, 0.6) is 0 Å². The fraction of sp³-hybridized carbons (Fsp3) is 0.750. The second kappa shape index (κ2) is 7.77. The van der Waals surface area contributed by atoms with E-state index in [0.29, 0.717) is 12.8 Å². The summed E-state index contributed by atoms with van der Waals surface area (Å²) >= 11 is 0. The van der Waals surface area contributed by atoms with E-state index < -0.39 is 5.97 Å². The van der Waals surface area contributed by atoms with Gasteiger partial charge in [-0.15, -0.1) is 0 Å². The van der Waals surface area contributed by atoms with Crippen LogP contribution >= 0.6 is 0 Å². The molecule has 0 saturated carbocycles. The maximum atomic E-state index is 10.8. The van der Waals surface area contributed by atoms with E-state index in [4.69, 9.17) is 0 Å². The molecule has 0 radical (unpaired) electrons. The topological polar surface area (TPSA) is 57.2 Å². The van der Waals surface area contributed by atoms with Gasteiger partial charge in [-0.2, -0.15) is 0 Å². The van der Waals surface area contributed by atoms with Crippen molar-refractivity contribution < 1.29 is 44.3 Å². The number of aliphatic carboxylic acids is 1. The van der Waals surface area contributed by atoms with Crippen LogP contribution in [0.1, 0.15) is 33.1 Å². The molecule has 0 spiro atoms. The van der Waals surface area contributed by atoms with Crippen molar-refractivity contribution in [1.29, 1.82) is 0 Å². The average Bonchev–Trinajstić information content (AvgIpc) is 1.87. The molecule has 0 rings (SSSR count). The van der Waals surface area contributed by atoms with E-state index >= 15 is 0 Å². The van der Waals surface area contributed by atoms with E-state index in [0.717, 1.165) is 0 Å². The summed E-state index contributed by atoms with van der Waals surface area (Å²) in [6.45, 7) is 3.37. The van der Waals surface area contributed by atoms with Gasteiger partial charge in [-0.1, -0.05) is 6.92 Å². The smallest absolute Gasteiger partial charge is 0.550 e. The van der Waals surface area contributed by atoms with E-state index in [2.05, 4.69) is 0 Å². The quantitative estimate of drug-likeness (QED) is 0.427. The first-order chi connectivity index (χ1) is 5.07. The third-order valence-corrected chi connectivity index (χ3v) is 1.76. The largest absolute Gasteiger partial charge is 1.00 e. The van der Waals surface area contributed by atoms with Gasteiger partial charge in [0.1, 0.15) is 5.78 Å². The number of Topliss-reactive ketones (excluding diaryl/α,β-unsaturated/α-hetero) is 1. The van der Waals surface area contributed by atoms with E-state index in [1.807, 2.05) is 6.92 Å². The number of hydrogen-bond acceptors (Lipinski definition) is 3. The molecule has 0 N–H and O–H groups in total. The summed E-state index contributed by atoms with van der Waals surface area (Å²) in [6, 6.07) is 0. The van der Waals surface area contributed by atoms with Gasteiger partial charge < -0.3 is 9.90 Å². The molecule has 0 aromatic rings. The minimum Gasteiger partial charge on any atom is -0.550 e. The molecule has 0 saturated heterocycles. The third kappa shape index (κ3) is 6.83. The molecule has 0 aromatic heterocycles. The van der Waals surface area contributed by atoms with Gasteiger partial charge in [0.2, 0.25) is 0 Å². The second-order valence-electron chi connectivity index (χ2n) is 2.63. The molecule has 0 bridgehead atoms. The molecular weight excluding hydrogens is 167 g/mol. The number of hydrogen-bond donors (Lipinski definition) is 0. The predicted molar refractivity (Wildman–Crippen MR) is 38.7 cm³/mol. The van der Waals surface area contributed by atoms with Crippen LogP contribution in [0.3, 0.4) is 0 Å². The van der Waals surface area contributed by atoms with Crippen LogP contribution in [0.15, 0.2) is 0 Å². The molecule has 0 heterocycles. The zero-order valence-corrected chi connectivity index (χ0v) is 9.92. The van der Waals surface area contributed by atoms with Crippen molar-refractivity contribution in [3.63, 3.8) is 0 Å². The Morgan fingerprint density at radius 2 is 1.92 bits per heavy atom. The molecule has 3 nitrogen and oxygen atoms in total. The third-order valence-electron chi connectivity index (χ3n) is 1.76. The summed E-state index contributed by atoms with van der Waals surface area (Å²) in [4.78, 5) is 20.8. The van der Waals surface area contributed by atoms with Gasteiger partial charge >= 0.3 is 29.6 Å². The van der Waals surface area contributed by atoms with Crippen LogP contribution in [0.4, 0.5) is 0 Å². The van der Waals surface area contributed by atoms with Gasteiger partial charge in [-0.3, -0.25) is 4.79 Å². The van der Waals surface area contributed by atoms with Gasteiger partial charge in [0.15, 0.2) is 0 Å². The molecule has 0 fully saturated rings. The minimum absolute atomic E-state index is 0. The average molecular weight is 180 g/mol. The van der Waals surface area contributed by atoms with Gasteiger partial charge in [-0.05, 0) is 26.2 Å². The van der Waals surface area contributed by atoms with Crippen molar-refractivity contribution in [1.82, 2.24) is 0 Å². The maximum Gasteiger partial charge on any atom is 1.00 e. The second-order valence-corrected chi connectivity index (χ2v) is 2.63. The Hall–Kier alpha value is 0.140. The first-order valence-corrected chi connectivity index (χ1v) is 3.78. The van der Waals surface area contributed by atoms with Gasteiger partial charge in [0.25, 0.3) is 0 Å². The fourth-order valence-electron chi connectivity index (χ4n) is 0.987. The summed E-state index contributed by atoms with van der Waals surface area (Å²) in [6.07, 6.45) is 1.11. The molecule has 4 heteroatoms. The van der Waals surface area contributed by atoms with Crippen molar-refractivity contribution in [2.75, 3.05) is 0 Å². The fourth-order valence-corrected chi connectivity index (χ4v) is 0.987. The summed E-state index contributed by atoms with van der Waals surface area (Å²) in [7, 11) is 0. The van der Waals surface area contributed by atoms with Crippen molar-refractivity contribution in [2.24, 2.45) is 5.92 Å². The van der Waals surface area contributed by atoms with E-state index in [1.54, 1.807) is 0 Å². The maximum absolute atomic E-state index is 10.8. The summed E-state index contributed by atoms with van der Waals surface area (Å²) in [5, 5.41) is 10.0. The minimum atomic E-state index is -1.08. The Balaban J connectivity index is 0. The van der Waals surface area contributed by atoms with Crippen molar-refractivity contribution >= 4 is 11.8 Å². The molecule has 0 aliphatic heterocycles. The Morgan fingerprint density at radius 3 is 2.17 bits per heavy atom.